The summed E-state index contributed by atoms with van der Waals surface area (Å²) in [5.41, 5.74) is 0.675. The fourth-order valence-corrected chi connectivity index (χ4v) is 3.93. The molecule has 0 radical (unpaired) electrons. The molecule has 184 valence electrons. The van der Waals surface area contributed by atoms with E-state index in [1.165, 1.54) is 6.07 Å². The zero-order valence-electron chi connectivity index (χ0n) is 19.9. The number of carbonyl (C=O) groups excluding carboxylic acids is 2. The fraction of sp³-hybridized carbons (Fsp3) is 0.346. The Balaban J connectivity index is 1.39. The van der Waals surface area contributed by atoms with Crippen LogP contribution in [0.15, 0.2) is 57.7 Å². The third-order valence-corrected chi connectivity index (χ3v) is 5.82. The highest BCUT2D eigenvalue weighted by Crippen LogP contribution is 2.23. The summed E-state index contributed by atoms with van der Waals surface area (Å²) in [6.07, 6.45) is -0.309. The lowest BCUT2D eigenvalue weighted by molar-refractivity contribution is 0.0240. The summed E-state index contributed by atoms with van der Waals surface area (Å²) in [7, 11) is 0. The Bertz CT molecular complexity index is 1290. The predicted molar refractivity (Wildman–Crippen MR) is 133 cm³/mol. The molecule has 2 heterocycles. The number of rotatable bonds is 4. The normalized spacial score (nSPS) is 14.2. The molecule has 1 aliphatic heterocycles. The first-order valence-corrected chi connectivity index (χ1v) is 11.8. The minimum absolute atomic E-state index is 0.188. The molecule has 0 unspecified atom stereocenters. The molecule has 1 fully saturated rings. The van der Waals surface area contributed by atoms with Gasteiger partial charge in [-0.05, 0) is 68.8 Å². The van der Waals surface area contributed by atoms with Crippen LogP contribution in [0.5, 0.6) is 5.75 Å². The van der Waals surface area contributed by atoms with E-state index in [4.69, 9.17) is 25.5 Å². The number of nitrogens with zero attached hydrogens (tertiary/aromatic N) is 2. The van der Waals surface area contributed by atoms with Gasteiger partial charge < -0.3 is 23.7 Å². The van der Waals surface area contributed by atoms with Crippen molar-refractivity contribution in [2.75, 3.05) is 31.1 Å². The van der Waals surface area contributed by atoms with Crippen molar-refractivity contribution in [1.29, 1.82) is 0 Å². The predicted octanol–water partition coefficient (Wildman–Crippen LogP) is 4.81. The number of ether oxygens (including phenoxy) is 2. The molecule has 1 aromatic heterocycles. The summed E-state index contributed by atoms with van der Waals surface area (Å²) in [5, 5.41) is 0.593. The molecular weight excluding hydrogens is 472 g/mol. The number of carbonyl (C=O) groups is 2. The highest BCUT2D eigenvalue weighted by Gasteiger charge is 2.26. The van der Waals surface area contributed by atoms with Crippen LogP contribution < -0.4 is 15.3 Å². The Morgan fingerprint density at radius 2 is 1.69 bits per heavy atom. The van der Waals surface area contributed by atoms with Crippen LogP contribution in [0.4, 0.5) is 10.5 Å². The molecule has 1 amide bonds. The van der Waals surface area contributed by atoms with E-state index in [2.05, 4.69) is 4.90 Å². The highest BCUT2D eigenvalue weighted by atomic mass is 35.5. The van der Waals surface area contributed by atoms with E-state index in [0.717, 1.165) is 11.3 Å². The summed E-state index contributed by atoms with van der Waals surface area (Å²) >= 11 is 5.87. The Morgan fingerprint density at radius 1 is 1.00 bits per heavy atom. The Hall–Kier alpha value is -3.52. The monoisotopic (exact) mass is 498 g/mol. The van der Waals surface area contributed by atoms with Gasteiger partial charge in [0.1, 0.15) is 22.5 Å². The molecule has 1 saturated heterocycles. The largest absolute Gasteiger partial charge is 0.444 e. The van der Waals surface area contributed by atoms with E-state index >= 15 is 0 Å². The van der Waals surface area contributed by atoms with E-state index < -0.39 is 17.2 Å². The van der Waals surface area contributed by atoms with Gasteiger partial charge in [-0.2, -0.15) is 0 Å². The maximum absolute atomic E-state index is 12.7. The molecule has 0 saturated carbocycles. The molecule has 0 atom stereocenters. The number of anilines is 1. The summed E-state index contributed by atoms with van der Waals surface area (Å²) in [4.78, 5) is 41.0. The molecule has 4 rings (SSSR count). The van der Waals surface area contributed by atoms with E-state index in [0.29, 0.717) is 48.8 Å². The lowest BCUT2D eigenvalue weighted by Gasteiger charge is -2.36. The number of hydrogen-bond donors (Lipinski definition) is 0. The molecular formula is C26H27ClN2O6. The number of halogens is 1. The number of fused-ring (bicyclic) bond motifs is 1. The number of amides is 1. The fourth-order valence-electron chi connectivity index (χ4n) is 3.76. The van der Waals surface area contributed by atoms with Crippen molar-refractivity contribution in [3.63, 3.8) is 0 Å². The van der Waals surface area contributed by atoms with Crippen LogP contribution in [0.25, 0.3) is 11.0 Å². The molecule has 1 aliphatic rings. The topological polar surface area (TPSA) is 89.3 Å². The molecule has 0 aliphatic carbocycles. The van der Waals surface area contributed by atoms with Crippen LogP contribution in [0.2, 0.25) is 0 Å². The van der Waals surface area contributed by atoms with E-state index in [1.807, 2.05) is 32.9 Å². The number of benzene rings is 2. The van der Waals surface area contributed by atoms with Gasteiger partial charge in [0.15, 0.2) is 0 Å². The second-order valence-corrected chi connectivity index (χ2v) is 9.56. The molecule has 8 nitrogen and oxygen atoms in total. The first-order chi connectivity index (χ1) is 16.6. The minimum Gasteiger partial charge on any atom is -0.444 e. The Morgan fingerprint density at radius 3 is 2.31 bits per heavy atom. The van der Waals surface area contributed by atoms with Crippen molar-refractivity contribution < 1.29 is 23.5 Å². The lowest BCUT2D eigenvalue weighted by Crippen LogP contribution is -2.50. The first-order valence-electron chi connectivity index (χ1n) is 11.3. The van der Waals surface area contributed by atoms with E-state index in [-0.39, 0.29) is 11.7 Å². The van der Waals surface area contributed by atoms with Crippen molar-refractivity contribution in [3.05, 3.63) is 70.1 Å². The van der Waals surface area contributed by atoms with Gasteiger partial charge in [-0.3, -0.25) is 0 Å². The highest BCUT2D eigenvalue weighted by molar-refractivity contribution is 6.17. The molecule has 9 heteroatoms. The second-order valence-electron chi connectivity index (χ2n) is 9.29. The van der Waals surface area contributed by atoms with Gasteiger partial charge >= 0.3 is 17.7 Å². The number of esters is 1. The van der Waals surface area contributed by atoms with Crippen LogP contribution in [-0.4, -0.2) is 48.7 Å². The van der Waals surface area contributed by atoms with Crippen molar-refractivity contribution in [1.82, 2.24) is 4.90 Å². The van der Waals surface area contributed by atoms with Gasteiger partial charge in [0.25, 0.3) is 0 Å². The Labute approximate surface area is 208 Å². The van der Waals surface area contributed by atoms with E-state index in [1.54, 1.807) is 35.2 Å². The minimum atomic E-state index is -0.796. The van der Waals surface area contributed by atoms with Crippen molar-refractivity contribution in [2.45, 2.75) is 32.3 Å². The summed E-state index contributed by atoms with van der Waals surface area (Å²) in [5.74, 6) is -0.187. The quantitative estimate of drug-likeness (QED) is 0.221. The molecule has 0 N–H and O–H groups in total. The third-order valence-electron chi connectivity index (χ3n) is 5.51. The zero-order valence-corrected chi connectivity index (χ0v) is 20.6. The van der Waals surface area contributed by atoms with Gasteiger partial charge in [-0.25, -0.2) is 14.4 Å². The Kier molecular flexibility index (Phi) is 7.03. The molecule has 35 heavy (non-hydrogen) atoms. The smallest absolute Gasteiger partial charge is 0.410 e. The maximum Gasteiger partial charge on any atom is 0.410 e. The van der Waals surface area contributed by atoms with Gasteiger partial charge in [0.2, 0.25) is 0 Å². The van der Waals surface area contributed by atoms with Gasteiger partial charge in [0, 0.05) is 43.1 Å². The first kappa shape index (κ1) is 24.6. The standard InChI is InChI=1S/C26H27ClN2O6/c1-26(2,3)35-25(32)29-12-10-28(11-13-29)19-5-7-20(8-6-19)33-23(30)21-15-18-14-17(16-27)4-9-22(18)34-24(21)31/h4-9,14-15H,10-13,16H2,1-3H3. The summed E-state index contributed by atoms with van der Waals surface area (Å²) in [6.45, 7) is 7.95. The van der Waals surface area contributed by atoms with Crippen molar-refractivity contribution >= 4 is 40.3 Å². The van der Waals surface area contributed by atoms with Crippen LogP contribution in [0.1, 0.15) is 36.7 Å². The lowest BCUT2D eigenvalue weighted by atomic mass is 10.1. The van der Waals surface area contributed by atoms with Crippen LogP contribution in [0.3, 0.4) is 0 Å². The number of piperazine rings is 1. The van der Waals surface area contributed by atoms with Gasteiger partial charge in [-0.15, -0.1) is 11.6 Å². The molecule has 0 spiro atoms. The number of hydrogen-bond acceptors (Lipinski definition) is 7. The van der Waals surface area contributed by atoms with Gasteiger partial charge in [0.05, 0.1) is 0 Å². The van der Waals surface area contributed by atoms with Crippen molar-refractivity contribution in [3.8, 4) is 5.75 Å². The zero-order chi connectivity index (χ0) is 25.2. The summed E-state index contributed by atoms with van der Waals surface area (Å²) in [6, 6.07) is 13.6. The SMILES string of the molecule is CC(C)(C)OC(=O)N1CCN(c2ccc(OC(=O)c3cc4cc(CCl)ccc4oc3=O)cc2)CC1. The number of alkyl halides is 1. The average Bonchev–Trinajstić information content (AvgIpc) is 2.83. The maximum atomic E-state index is 12.7. The second kappa shape index (κ2) is 10.00. The third kappa shape index (κ3) is 5.95. The van der Waals surface area contributed by atoms with Gasteiger partial charge in [-0.1, -0.05) is 6.07 Å². The van der Waals surface area contributed by atoms with Crippen LogP contribution in [0, 0.1) is 0 Å². The van der Waals surface area contributed by atoms with Crippen LogP contribution >= 0.6 is 11.6 Å². The van der Waals surface area contributed by atoms with E-state index in [9.17, 15) is 14.4 Å². The average molecular weight is 499 g/mol. The molecule has 2 aromatic carbocycles. The van der Waals surface area contributed by atoms with Crippen LogP contribution in [-0.2, 0) is 10.6 Å². The molecule has 3 aromatic rings. The summed E-state index contributed by atoms with van der Waals surface area (Å²) < 4.78 is 16.1. The molecule has 0 bridgehead atoms. The van der Waals surface area contributed by atoms with Crippen molar-refractivity contribution in [2.24, 2.45) is 0 Å².